The third-order valence-corrected chi connectivity index (χ3v) is 2.53. The van der Waals surface area contributed by atoms with Gasteiger partial charge in [0.15, 0.2) is 0 Å². The van der Waals surface area contributed by atoms with Crippen molar-refractivity contribution in [2.45, 2.75) is 13.2 Å². The van der Waals surface area contributed by atoms with E-state index in [0.717, 1.165) is 0 Å². The Hall–Kier alpha value is -2.66. The molecule has 0 aromatic heterocycles. The van der Waals surface area contributed by atoms with Gasteiger partial charge in [0.2, 0.25) is 6.29 Å². The number of hydrogen-bond donors (Lipinski definition) is 0. The third-order valence-electron chi connectivity index (χ3n) is 2.53. The molecule has 0 amide bonds. The second-order valence-electron chi connectivity index (χ2n) is 4.16. The molecule has 0 aliphatic rings. The Morgan fingerprint density at radius 1 is 0.905 bits per heavy atom. The van der Waals surface area contributed by atoms with Gasteiger partial charge in [-0.3, -0.25) is 9.68 Å². The zero-order chi connectivity index (χ0) is 15.1. The summed E-state index contributed by atoms with van der Waals surface area (Å²) >= 11 is 0. The average Bonchev–Trinajstić information content (AvgIpc) is 2.53. The van der Waals surface area contributed by atoms with Crippen LogP contribution < -0.4 is 4.74 Å². The largest absolute Gasteiger partial charge is 0.461 e. The highest BCUT2D eigenvalue weighted by molar-refractivity contribution is 6.40. The molecule has 0 fully saturated rings. The topological polar surface area (TPSA) is 61.8 Å². The lowest BCUT2D eigenvalue weighted by atomic mass is 10.1. The number of benzene rings is 2. The maximum absolute atomic E-state index is 11.7. The quantitative estimate of drug-likeness (QED) is 0.269. The van der Waals surface area contributed by atoms with E-state index in [9.17, 15) is 9.59 Å². The summed E-state index contributed by atoms with van der Waals surface area (Å²) in [5, 5.41) is 0. The minimum Gasteiger partial charge on any atom is -0.461 e. The first-order valence-electron chi connectivity index (χ1n) is 6.35. The van der Waals surface area contributed by atoms with Crippen LogP contribution in [0.15, 0.2) is 60.7 Å². The van der Waals surface area contributed by atoms with E-state index in [4.69, 9.17) is 9.62 Å². The molecule has 5 heteroatoms. The number of Topliss-reactive ketones (excluding diaryl/α,β-unsaturated/α-hetero) is 1. The van der Waals surface area contributed by atoms with Crippen molar-refractivity contribution in [3.63, 3.8) is 0 Å². The highest BCUT2D eigenvalue weighted by Gasteiger charge is 2.20. The van der Waals surface area contributed by atoms with Crippen molar-refractivity contribution in [1.82, 2.24) is 0 Å². The number of rotatable bonds is 6. The molecule has 21 heavy (non-hydrogen) atoms. The first-order chi connectivity index (χ1) is 10.2. The number of para-hydroxylation sites is 1. The van der Waals surface area contributed by atoms with Crippen LogP contribution in [0, 0.1) is 0 Å². The van der Waals surface area contributed by atoms with Gasteiger partial charge in [-0.25, -0.2) is 4.79 Å². The second-order valence-corrected chi connectivity index (χ2v) is 4.16. The molecule has 2 rings (SSSR count). The van der Waals surface area contributed by atoms with Crippen LogP contribution in [0.25, 0.3) is 0 Å². The van der Waals surface area contributed by atoms with Gasteiger partial charge in [0.25, 0.3) is 5.78 Å². The lowest BCUT2D eigenvalue weighted by Gasteiger charge is -2.13. The number of ketones is 1. The van der Waals surface area contributed by atoms with Crippen LogP contribution in [-0.4, -0.2) is 18.0 Å². The van der Waals surface area contributed by atoms with Crippen molar-refractivity contribution in [2.24, 2.45) is 0 Å². The van der Waals surface area contributed by atoms with Crippen molar-refractivity contribution >= 4 is 11.8 Å². The molecule has 0 bridgehead atoms. The Bertz CT molecular complexity index is 595. The summed E-state index contributed by atoms with van der Waals surface area (Å²) in [6.07, 6.45) is -0.833. The third kappa shape index (κ3) is 4.43. The second kappa shape index (κ2) is 7.21. The Balaban J connectivity index is 1.82. The van der Waals surface area contributed by atoms with Crippen molar-refractivity contribution in [3.05, 3.63) is 66.2 Å². The predicted molar refractivity (Wildman–Crippen MR) is 74.5 cm³/mol. The van der Waals surface area contributed by atoms with E-state index in [0.29, 0.717) is 5.75 Å². The fourth-order valence-corrected chi connectivity index (χ4v) is 1.57. The molecule has 108 valence electrons. The van der Waals surface area contributed by atoms with Crippen LogP contribution in [0.3, 0.4) is 0 Å². The lowest BCUT2D eigenvalue weighted by Crippen LogP contribution is -2.23. The van der Waals surface area contributed by atoms with Gasteiger partial charge in [-0.2, -0.15) is 0 Å². The maximum Gasteiger partial charge on any atom is 0.413 e. The number of carbonyl (C=O) groups is 2. The van der Waals surface area contributed by atoms with Gasteiger partial charge < -0.3 is 4.74 Å². The molecule has 2 aromatic rings. The molecule has 0 aliphatic heterocycles. The molecule has 0 N–H and O–H groups in total. The van der Waals surface area contributed by atoms with Crippen molar-refractivity contribution in [2.75, 3.05) is 0 Å². The average molecular weight is 286 g/mol. The Morgan fingerprint density at radius 2 is 1.48 bits per heavy atom. The zero-order valence-corrected chi connectivity index (χ0v) is 11.4. The van der Waals surface area contributed by atoms with Gasteiger partial charge >= 0.3 is 5.97 Å². The van der Waals surface area contributed by atoms with Gasteiger partial charge in [0, 0.05) is 12.5 Å². The van der Waals surface area contributed by atoms with Crippen molar-refractivity contribution in [3.8, 4) is 5.75 Å². The fourth-order valence-electron chi connectivity index (χ4n) is 1.57. The summed E-state index contributed by atoms with van der Waals surface area (Å²) in [4.78, 5) is 32.5. The first kappa shape index (κ1) is 14.7. The Kier molecular flexibility index (Phi) is 5.06. The van der Waals surface area contributed by atoms with E-state index >= 15 is 0 Å². The molecule has 0 saturated carbocycles. The minimum atomic E-state index is -1.09. The highest BCUT2D eigenvalue weighted by atomic mass is 17.2. The molecule has 2 aromatic carbocycles. The van der Waals surface area contributed by atoms with Gasteiger partial charge in [-0.15, -0.1) is 4.89 Å². The maximum atomic E-state index is 11.7. The standard InChI is InChI=1S/C16H14O5/c1-12(19-14-10-6-3-7-11-14)20-21-16(18)15(17)13-8-4-2-5-9-13/h2-12H,1H3. The van der Waals surface area contributed by atoms with Crippen LogP contribution in [-0.2, 0) is 14.6 Å². The van der Waals surface area contributed by atoms with Crippen LogP contribution in [0.4, 0.5) is 0 Å². The summed E-state index contributed by atoms with van der Waals surface area (Å²) in [6.45, 7) is 1.55. The van der Waals surface area contributed by atoms with Gasteiger partial charge in [0.1, 0.15) is 5.75 Å². The Labute approximate surface area is 122 Å². The fraction of sp³-hybridized carbons (Fsp3) is 0.125. The lowest BCUT2D eigenvalue weighted by molar-refractivity contribution is -0.326. The molecule has 0 saturated heterocycles. The van der Waals surface area contributed by atoms with Crippen molar-refractivity contribution < 1.29 is 24.1 Å². The number of hydrogen-bond acceptors (Lipinski definition) is 5. The van der Waals surface area contributed by atoms with Gasteiger partial charge in [-0.05, 0) is 12.1 Å². The van der Waals surface area contributed by atoms with Crippen molar-refractivity contribution in [1.29, 1.82) is 0 Å². The van der Waals surface area contributed by atoms with Crippen LogP contribution in [0.2, 0.25) is 0 Å². The van der Waals surface area contributed by atoms with E-state index in [2.05, 4.69) is 4.89 Å². The normalized spacial score (nSPS) is 11.5. The molecule has 1 unspecified atom stereocenters. The summed E-state index contributed by atoms with van der Waals surface area (Å²) in [7, 11) is 0. The molecule has 5 nitrogen and oxygen atoms in total. The van der Waals surface area contributed by atoms with E-state index in [1.165, 1.54) is 12.1 Å². The van der Waals surface area contributed by atoms with E-state index < -0.39 is 18.0 Å². The molecule has 1 atom stereocenters. The van der Waals surface area contributed by atoms with Gasteiger partial charge in [0.05, 0.1) is 0 Å². The Morgan fingerprint density at radius 3 is 2.10 bits per heavy atom. The molecule has 0 aliphatic carbocycles. The molecule has 0 spiro atoms. The van der Waals surface area contributed by atoms with Crippen LogP contribution in [0.5, 0.6) is 5.75 Å². The molecular formula is C16H14O5. The molecule has 0 heterocycles. The first-order valence-corrected chi connectivity index (χ1v) is 6.35. The predicted octanol–water partition coefficient (Wildman–Crippen LogP) is 2.77. The molecule has 0 radical (unpaired) electrons. The summed E-state index contributed by atoms with van der Waals surface area (Å²) in [6, 6.07) is 17.0. The van der Waals surface area contributed by atoms with Crippen LogP contribution >= 0.6 is 0 Å². The highest BCUT2D eigenvalue weighted by Crippen LogP contribution is 2.11. The smallest absolute Gasteiger partial charge is 0.413 e. The van der Waals surface area contributed by atoms with Gasteiger partial charge in [-0.1, -0.05) is 48.5 Å². The number of carbonyl (C=O) groups excluding carboxylic acids is 2. The SMILES string of the molecule is CC(OOC(=O)C(=O)c1ccccc1)Oc1ccccc1. The monoisotopic (exact) mass is 286 g/mol. The molecular weight excluding hydrogens is 272 g/mol. The number of ether oxygens (including phenoxy) is 1. The van der Waals surface area contributed by atoms with E-state index in [1.807, 2.05) is 6.07 Å². The summed E-state index contributed by atoms with van der Waals surface area (Å²) < 4.78 is 5.34. The van der Waals surface area contributed by atoms with E-state index in [-0.39, 0.29) is 5.56 Å². The van der Waals surface area contributed by atoms with Crippen LogP contribution in [0.1, 0.15) is 17.3 Å². The van der Waals surface area contributed by atoms with E-state index in [1.54, 1.807) is 49.4 Å². The zero-order valence-electron chi connectivity index (χ0n) is 11.4. The minimum absolute atomic E-state index is 0.239. The summed E-state index contributed by atoms with van der Waals surface area (Å²) in [5.74, 6) is -1.30. The summed E-state index contributed by atoms with van der Waals surface area (Å²) in [5.41, 5.74) is 0.239.